The van der Waals surface area contributed by atoms with Crippen molar-refractivity contribution in [1.82, 2.24) is 20.1 Å². The van der Waals surface area contributed by atoms with Crippen LogP contribution in [0.1, 0.15) is 27.0 Å². The largest absolute Gasteiger partial charge is 0.372 e. The van der Waals surface area contributed by atoms with Crippen molar-refractivity contribution in [3.8, 4) is 5.69 Å². The third kappa shape index (κ3) is 5.18. The van der Waals surface area contributed by atoms with Gasteiger partial charge in [-0.3, -0.25) is 4.79 Å². The molecule has 0 radical (unpaired) electrons. The Labute approximate surface area is 175 Å². The van der Waals surface area contributed by atoms with Crippen LogP contribution in [0.5, 0.6) is 0 Å². The van der Waals surface area contributed by atoms with Crippen molar-refractivity contribution < 1.29 is 9.53 Å². The van der Waals surface area contributed by atoms with Gasteiger partial charge < -0.3 is 10.1 Å². The van der Waals surface area contributed by atoms with Crippen LogP contribution >= 0.6 is 0 Å². The van der Waals surface area contributed by atoms with Gasteiger partial charge in [0.25, 0.3) is 5.91 Å². The van der Waals surface area contributed by atoms with E-state index in [2.05, 4.69) is 21.5 Å². The van der Waals surface area contributed by atoms with Gasteiger partial charge in [-0.1, -0.05) is 60.7 Å². The topological polar surface area (TPSA) is 69.0 Å². The van der Waals surface area contributed by atoms with Crippen LogP contribution in [0.3, 0.4) is 0 Å². The lowest BCUT2D eigenvalue weighted by atomic mass is 10.1. The fourth-order valence-electron chi connectivity index (χ4n) is 3.11. The number of benzene rings is 3. The molecule has 0 aliphatic carbocycles. The Kier molecular flexibility index (Phi) is 6.27. The molecule has 0 spiro atoms. The minimum atomic E-state index is -0.136. The van der Waals surface area contributed by atoms with Crippen molar-refractivity contribution in [2.45, 2.75) is 19.8 Å². The minimum absolute atomic E-state index is 0.136. The summed E-state index contributed by atoms with van der Waals surface area (Å²) in [4.78, 5) is 16.5. The van der Waals surface area contributed by atoms with Crippen LogP contribution in [0.25, 0.3) is 5.69 Å². The van der Waals surface area contributed by atoms with E-state index in [1.165, 1.54) is 6.33 Å². The van der Waals surface area contributed by atoms with Gasteiger partial charge in [-0.25, -0.2) is 9.67 Å². The molecule has 6 heteroatoms. The highest BCUT2D eigenvalue weighted by Gasteiger charge is 2.08. The number of nitrogens with one attached hydrogen (secondary N) is 1. The van der Waals surface area contributed by atoms with Crippen LogP contribution in [-0.2, 0) is 24.5 Å². The van der Waals surface area contributed by atoms with Crippen LogP contribution in [0.4, 0.5) is 0 Å². The standard InChI is InChI=1S/C24H22N4O2/c29-24(22-10-5-11-23(13-22)28-18-25-17-27-28)26-14-20-8-4-9-21(12-20)16-30-15-19-6-2-1-3-7-19/h1-13,17-18H,14-16H2,(H,26,29). The van der Waals surface area contributed by atoms with Crippen LogP contribution in [0.15, 0.2) is 91.5 Å². The molecule has 0 atom stereocenters. The van der Waals surface area contributed by atoms with E-state index in [-0.39, 0.29) is 5.91 Å². The number of hydrogen-bond acceptors (Lipinski definition) is 4. The van der Waals surface area contributed by atoms with Gasteiger partial charge in [-0.2, -0.15) is 5.10 Å². The second-order valence-corrected chi connectivity index (χ2v) is 6.87. The number of carbonyl (C=O) groups is 1. The van der Waals surface area contributed by atoms with Crippen molar-refractivity contribution >= 4 is 5.91 Å². The lowest BCUT2D eigenvalue weighted by Gasteiger charge is -2.09. The van der Waals surface area contributed by atoms with E-state index < -0.39 is 0 Å². The lowest BCUT2D eigenvalue weighted by molar-refractivity contribution is 0.0950. The van der Waals surface area contributed by atoms with Gasteiger partial charge in [0.05, 0.1) is 18.9 Å². The van der Waals surface area contributed by atoms with Crippen LogP contribution < -0.4 is 5.32 Å². The Hall–Kier alpha value is -3.77. The molecule has 0 aliphatic rings. The van der Waals surface area contributed by atoms with Crippen molar-refractivity contribution in [3.63, 3.8) is 0 Å². The third-order valence-corrected chi connectivity index (χ3v) is 4.62. The van der Waals surface area contributed by atoms with Crippen molar-refractivity contribution in [3.05, 3.63) is 114 Å². The Morgan fingerprint density at radius 3 is 2.47 bits per heavy atom. The van der Waals surface area contributed by atoms with E-state index >= 15 is 0 Å². The molecule has 0 aliphatic heterocycles. The number of aromatic nitrogens is 3. The zero-order valence-corrected chi connectivity index (χ0v) is 16.4. The van der Waals surface area contributed by atoms with Gasteiger partial charge in [0.1, 0.15) is 12.7 Å². The van der Waals surface area contributed by atoms with E-state index in [1.807, 2.05) is 60.7 Å². The summed E-state index contributed by atoms with van der Waals surface area (Å²) in [5, 5.41) is 7.07. The van der Waals surface area contributed by atoms with Gasteiger partial charge in [-0.05, 0) is 34.9 Å². The summed E-state index contributed by atoms with van der Waals surface area (Å²) in [5.74, 6) is -0.136. The van der Waals surface area contributed by atoms with Gasteiger partial charge in [0.15, 0.2) is 0 Å². The van der Waals surface area contributed by atoms with E-state index in [1.54, 1.807) is 23.1 Å². The molecule has 4 rings (SSSR count). The van der Waals surface area contributed by atoms with E-state index in [0.29, 0.717) is 25.3 Å². The molecule has 0 unspecified atom stereocenters. The first-order chi connectivity index (χ1) is 14.8. The summed E-state index contributed by atoms with van der Waals surface area (Å²) in [7, 11) is 0. The second kappa shape index (κ2) is 9.62. The smallest absolute Gasteiger partial charge is 0.251 e. The maximum Gasteiger partial charge on any atom is 0.251 e. The molecule has 4 aromatic rings. The first kappa shape index (κ1) is 19.5. The zero-order chi connectivity index (χ0) is 20.6. The lowest BCUT2D eigenvalue weighted by Crippen LogP contribution is -2.23. The number of hydrogen-bond donors (Lipinski definition) is 1. The molecule has 150 valence electrons. The molecule has 0 saturated heterocycles. The number of carbonyl (C=O) groups excluding carboxylic acids is 1. The number of ether oxygens (including phenoxy) is 1. The molecule has 1 N–H and O–H groups in total. The van der Waals surface area contributed by atoms with Gasteiger partial charge >= 0.3 is 0 Å². The van der Waals surface area contributed by atoms with E-state index in [9.17, 15) is 4.79 Å². The monoisotopic (exact) mass is 398 g/mol. The second-order valence-electron chi connectivity index (χ2n) is 6.87. The number of nitrogens with zero attached hydrogens (tertiary/aromatic N) is 3. The molecular weight excluding hydrogens is 376 g/mol. The maximum atomic E-state index is 12.6. The van der Waals surface area contributed by atoms with Crippen molar-refractivity contribution in [2.24, 2.45) is 0 Å². The highest BCUT2D eigenvalue weighted by Crippen LogP contribution is 2.11. The fourth-order valence-corrected chi connectivity index (χ4v) is 3.11. The third-order valence-electron chi connectivity index (χ3n) is 4.62. The summed E-state index contributed by atoms with van der Waals surface area (Å²) >= 11 is 0. The Morgan fingerprint density at radius 2 is 1.63 bits per heavy atom. The van der Waals surface area contributed by atoms with Gasteiger partial charge in [-0.15, -0.1) is 0 Å². The quantitative estimate of drug-likeness (QED) is 0.489. The Balaban J connectivity index is 1.32. The van der Waals surface area contributed by atoms with Crippen LogP contribution in [0, 0.1) is 0 Å². The molecule has 3 aromatic carbocycles. The SMILES string of the molecule is O=C(NCc1cccc(COCc2ccccc2)c1)c1cccc(-n2cncn2)c1. The Bertz CT molecular complexity index is 1100. The van der Waals surface area contributed by atoms with Crippen LogP contribution in [0.2, 0.25) is 0 Å². The molecule has 1 aromatic heterocycles. The molecule has 1 amide bonds. The van der Waals surface area contributed by atoms with E-state index in [0.717, 1.165) is 22.4 Å². The molecule has 6 nitrogen and oxygen atoms in total. The Morgan fingerprint density at radius 1 is 0.867 bits per heavy atom. The molecule has 0 saturated carbocycles. The predicted molar refractivity (Wildman–Crippen MR) is 114 cm³/mol. The summed E-state index contributed by atoms with van der Waals surface area (Å²) in [6, 6.07) is 25.4. The highest BCUT2D eigenvalue weighted by atomic mass is 16.5. The maximum absolute atomic E-state index is 12.6. The predicted octanol–water partition coefficient (Wildman–Crippen LogP) is 3.91. The first-order valence-corrected chi connectivity index (χ1v) is 9.71. The average Bonchev–Trinajstić information content (AvgIpc) is 3.34. The van der Waals surface area contributed by atoms with Gasteiger partial charge in [0.2, 0.25) is 0 Å². The minimum Gasteiger partial charge on any atom is -0.372 e. The summed E-state index contributed by atoms with van der Waals surface area (Å²) in [6.45, 7) is 1.54. The zero-order valence-electron chi connectivity index (χ0n) is 16.4. The average molecular weight is 398 g/mol. The number of amides is 1. The molecule has 30 heavy (non-hydrogen) atoms. The summed E-state index contributed by atoms with van der Waals surface area (Å²) < 4.78 is 7.42. The van der Waals surface area contributed by atoms with E-state index in [4.69, 9.17) is 4.74 Å². The van der Waals surface area contributed by atoms with Crippen molar-refractivity contribution in [1.29, 1.82) is 0 Å². The van der Waals surface area contributed by atoms with Crippen molar-refractivity contribution in [2.75, 3.05) is 0 Å². The van der Waals surface area contributed by atoms with Gasteiger partial charge in [0, 0.05) is 12.1 Å². The summed E-state index contributed by atoms with van der Waals surface area (Å²) in [6.07, 6.45) is 3.06. The molecule has 0 bridgehead atoms. The molecule has 1 heterocycles. The molecule has 0 fully saturated rings. The first-order valence-electron chi connectivity index (χ1n) is 9.71. The normalized spacial score (nSPS) is 10.7. The molecular formula is C24H22N4O2. The fraction of sp³-hybridized carbons (Fsp3) is 0.125. The van der Waals surface area contributed by atoms with Crippen LogP contribution in [-0.4, -0.2) is 20.7 Å². The number of rotatable bonds is 8. The highest BCUT2D eigenvalue weighted by molar-refractivity contribution is 5.94. The summed E-state index contributed by atoms with van der Waals surface area (Å²) in [5.41, 5.74) is 4.61.